The lowest BCUT2D eigenvalue weighted by Gasteiger charge is -2.35. The fourth-order valence-corrected chi connectivity index (χ4v) is 3.73. The minimum Gasteiger partial charge on any atom is -0.481 e. The van der Waals surface area contributed by atoms with Gasteiger partial charge in [-0.2, -0.15) is 4.98 Å². The van der Waals surface area contributed by atoms with Crippen LogP contribution in [0, 0.1) is 5.92 Å². The van der Waals surface area contributed by atoms with Crippen LogP contribution >= 0.6 is 0 Å². The van der Waals surface area contributed by atoms with E-state index in [9.17, 15) is 4.79 Å². The Hall–Kier alpha value is -1.89. The third-order valence-corrected chi connectivity index (χ3v) is 5.05. The SMILES string of the molecule is CNC[C@@H]1CCCN1C(=O)C1CCN(c2nccc(OC)n2)CC1. The molecule has 3 rings (SSSR count). The van der Waals surface area contributed by atoms with E-state index in [1.807, 2.05) is 7.05 Å². The molecule has 0 saturated carbocycles. The molecule has 1 aromatic rings. The Labute approximate surface area is 143 Å². The van der Waals surface area contributed by atoms with Crippen molar-refractivity contribution in [1.29, 1.82) is 0 Å². The molecule has 1 atom stereocenters. The molecular formula is C17H27N5O2. The van der Waals surface area contributed by atoms with Crippen LogP contribution < -0.4 is 15.0 Å². The van der Waals surface area contributed by atoms with Gasteiger partial charge in [0, 0.05) is 50.4 Å². The second kappa shape index (κ2) is 7.79. The number of methoxy groups -OCH3 is 1. The molecule has 1 aromatic heterocycles. The van der Waals surface area contributed by atoms with Gasteiger partial charge in [0.1, 0.15) is 0 Å². The average Bonchev–Trinajstić information content (AvgIpc) is 3.10. The highest BCUT2D eigenvalue weighted by Crippen LogP contribution is 2.26. The Morgan fingerprint density at radius 1 is 1.33 bits per heavy atom. The highest BCUT2D eigenvalue weighted by Gasteiger charge is 2.34. The van der Waals surface area contributed by atoms with Crippen molar-refractivity contribution in [3.63, 3.8) is 0 Å². The Bertz CT molecular complexity index is 560. The summed E-state index contributed by atoms with van der Waals surface area (Å²) in [6.07, 6.45) is 5.67. The molecule has 2 aliphatic heterocycles. The second-order valence-electron chi connectivity index (χ2n) is 6.55. The Morgan fingerprint density at radius 3 is 2.83 bits per heavy atom. The third kappa shape index (κ3) is 3.61. The fraction of sp³-hybridized carbons (Fsp3) is 0.706. The van der Waals surface area contributed by atoms with Crippen molar-refractivity contribution in [2.24, 2.45) is 5.92 Å². The first-order valence-electron chi connectivity index (χ1n) is 8.80. The number of likely N-dealkylation sites (tertiary alicyclic amines) is 1. The van der Waals surface area contributed by atoms with Crippen LogP contribution in [-0.2, 0) is 4.79 Å². The lowest BCUT2D eigenvalue weighted by Crippen LogP contribution is -2.47. The first kappa shape index (κ1) is 17.0. The zero-order valence-corrected chi connectivity index (χ0v) is 14.6. The predicted octanol–water partition coefficient (Wildman–Crippen LogP) is 0.912. The van der Waals surface area contributed by atoms with E-state index in [2.05, 4.69) is 25.1 Å². The summed E-state index contributed by atoms with van der Waals surface area (Å²) in [6.45, 7) is 3.43. The van der Waals surface area contributed by atoms with Crippen LogP contribution in [0.25, 0.3) is 0 Å². The monoisotopic (exact) mass is 333 g/mol. The molecule has 2 saturated heterocycles. The van der Waals surface area contributed by atoms with Gasteiger partial charge >= 0.3 is 0 Å². The summed E-state index contributed by atoms with van der Waals surface area (Å²) >= 11 is 0. The smallest absolute Gasteiger partial charge is 0.228 e. The molecule has 1 N–H and O–H groups in total. The molecule has 24 heavy (non-hydrogen) atoms. The van der Waals surface area contributed by atoms with Crippen molar-refractivity contribution in [3.05, 3.63) is 12.3 Å². The van der Waals surface area contributed by atoms with Gasteiger partial charge in [0.2, 0.25) is 17.7 Å². The van der Waals surface area contributed by atoms with E-state index >= 15 is 0 Å². The maximum atomic E-state index is 12.9. The zero-order valence-electron chi connectivity index (χ0n) is 14.6. The minimum atomic E-state index is 0.129. The molecule has 3 heterocycles. The molecule has 2 fully saturated rings. The molecule has 2 aliphatic rings. The lowest BCUT2D eigenvalue weighted by atomic mass is 9.95. The molecular weight excluding hydrogens is 306 g/mol. The standard InChI is InChI=1S/C17H27N5O2/c1-18-12-14-4-3-9-22(14)16(23)13-6-10-21(11-7-13)17-19-8-5-15(20-17)24-2/h5,8,13-14,18H,3-4,6-7,9-12H2,1-2H3/t14-/m0/s1. The van der Waals surface area contributed by atoms with Gasteiger partial charge in [0.25, 0.3) is 0 Å². The molecule has 0 spiro atoms. The molecule has 0 aliphatic carbocycles. The van der Waals surface area contributed by atoms with Gasteiger partial charge in [0.15, 0.2) is 0 Å². The summed E-state index contributed by atoms with van der Waals surface area (Å²) in [7, 11) is 3.56. The van der Waals surface area contributed by atoms with Gasteiger partial charge in [-0.05, 0) is 32.7 Å². The van der Waals surface area contributed by atoms with Crippen LogP contribution in [0.2, 0.25) is 0 Å². The molecule has 0 unspecified atom stereocenters. The van der Waals surface area contributed by atoms with E-state index in [0.717, 1.165) is 51.9 Å². The lowest BCUT2D eigenvalue weighted by molar-refractivity contribution is -0.136. The fourth-order valence-electron chi connectivity index (χ4n) is 3.73. The maximum absolute atomic E-state index is 12.9. The van der Waals surface area contributed by atoms with Crippen molar-refractivity contribution in [3.8, 4) is 5.88 Å². The van der Waals surface area contributed by atoms with Crippen molar-refractivity contribution in [2.75, 3.05) is 45.2 Å². The average molecular weight is 333 g/mol. The number of nitrogens with one attached hydrogen (secondary N) is 1. The molecule has 7 heteroatoms. The normalized spacial score (nSPS) is 22.0. The zero-order chi connectivity index (χ0) is 16.9. The van der Waals surface area contributed by atoms with Crippen LogP contribution in [0.4, 0.5) is 5.95 Å². The van der Waals surface area contributed by atoms with E-state index in [4.69, 9.17) is 4.74 Å². The number of piperidine rings is 1. The quantitative estimate of drug-likeness (QED) is 0.864. The number of hydrogen-bond acceptors (Lipinski definition) is 6. The molecule has 1 amide bonds. The Kier molecular flexibility index (Phi) is 5.50. The molecule has 0 radical (unpaired) electrons. The number of amides is 1. The van der Waals surface area contributed by atoms with Gasteiger partial charge in [-0.3, -0.25) is 4.79 Å². The topological polar surface area (TPSA) is 70.6 Å². The van der Waals surface area contributed by atoms with E-state index in [1.54, 1.807) is 19.4 Å². The van der Waals surface area contributed by atoms with Gasteiger partial charge in [0.05, 0.1) is 7.11 Å². The van der Waals surface area contributed by atoms with Crippen LogP contribution in [0.3, 0.4) is 0 Å². The molecule has 0 bridgehead atoms. The number of carbonyl (C=O) groups is 1. The summed E-state index contributed by atoms with van der Waals surface area (Å²) < 4.78 is 5.16. The summed E-state index contributed by atoms with van der Waals surface area (Å²) in [5, 5.41) is 3.21. The number of aromatic nitrogens is 2. The Morgan fingerprint density at radius 2 is 2.12 bits per heavy atom. The van der Waals surface area contributed by atoms with E-state index in [0.29, 0.717) is 23.8 Å². The summed E-state index contributed by atoms with van der Waals surface area (Å²) in [4.78, 5) is 25.8. The van der Waals surface area contributed by atoms with E-state index in [1.165, 1.54) is 0 Å². The molecule has 132 valence electrons. The number of anilines is 1. The van der Waals surface area contributed by atoms with Crippen LogP contribution in [0.15, 0.2) is 12.3 Å². The number of ether oxygens (including phenoxy) is 1. The van der Waals surface area contributed by atoms with Crippen molar-refractivity contribution >= 4 is 11.9 Å². The van der Waals surface area contributed by atoms with Crippen LogP contribution in [0.1, 0.15) is 25.7 Å². The van der Waals surface area contributed by atoms with Gasteiger partial charge in [-0.15, -0.1) is 0 Å². The largest absolute Gasteiger partial charge is 0.481 e. The molecule has 0 aromatic carbocycles. The Balaban J connectivity index is 1.57. The highest BCUT2D eigenvalue weighted by molar-refractivity contribution is 5.79. The molecule has 7 nitrogen and oxygen atoms in total. The highest BCUT2D eigenvalue weighted by atomic mass is 16.5. The van der Waals surface area contributed by atoms with E-state index in [-0.39, 0.29) is 5.92 Å². The third-order valence-electron chi connectivity index (χ3n) is 5.05. The summed E-state index contributed by atoms with van der Waals surface area (Å²) in [5.74, 6) is 1.72. The number of rotatable bonds is 5. The predicted molar refractivity (Wildman–Crippen MR) is 92.2 cm³/mol. The number of carbonyl (C=O) groups excluding carboxylic acids is 1. The van der Waals surface area contributed by atoms with Gasteiger partial charge in [-0.1, -0.05) is 0 Å². The maximum Gasteiger partial charge on any atom is 0.228 e. The second-order valence-corrected chi connectivity index (χ2v) is 6.55. The van der Waals surface area contributed by atoms with Crippen molar-refractivity contribution in [2.45, 2.75) is 31.7 Å². The van der Waals surface area contributed by atoms with Crippen molar-refractivity contribution in [1.82, 2.24) is 20.2 Å². The van der Waals surface area contributed by atoms with E-state index < -0.39 is 0 Å². The summed E-state index contributed by atoms with van der Waals surface area (Å²) in [6, 6.07) is 2.11. The van der Waals surface area contributed by atoms with Gasteiger partial charge < -0.3 is 19.9 Å². The minimum absolute atomic E-state index is 0.129. The number of nitrogens with zero attached hydrogens (tertiary/aromatic N) is 4. The van der Waals surface area contributed by atoms with Crippen LogP contribution in [0.5, 0.6) is 5.88 Å². The van der Waals surface area contributed by atoms with Crippen molar-refractivity contribution < 1.29 is 9.53 Å². The summed E-state index contributed by atoms with van der Waals surface area (Å²) in [5.41, 5.74) is 0. The first-order chi connectivity index (χ1) is 11.7. The first-order valence-corrected chi connectivity index (χ1v) is 8.80. The number of hydrogen-bond donors (Lipinski definition) is 1. The number of likely N-dealkylation sites (N-methyl/N-ethyl adjacent to an activating group) is 1. The van der Waals surface area contributed by atoms with Gasteiger partial charge in [-0.25, -0.2) is 4.98 Å². The van der Waals surface area contributed by atoms with Crippen LogP contribution in [-0.4, -0.2) is 67.2 Å².